The van der Waals surface area contributed by atoms with Gasteiger partial charge in [-0.25, -0.2) is 9.97 Å². The second-order valence-electron chi connectivity index (χ2n) is 4.91. The molecule has 0 radical (unpaired) electrons. The van der Waals surface area contributed by atoms with Gasteiger partial charge in [0.05, 0.1) is 16.8 Å². The first-order valence-corrected chi connectivity index (χ1v) is 7.85. The number of ether oxygens (including phenoxy) is 1. The van der Waals surface area contributed by atoms with Crippen LogP contribution in [0.5, 0.6) is 0 Å². The van der Waals surface area contributed by atoms with Crippen molar-refractivity contribution in [3.63, 3.8) is 0 Å². The summed E-state index contributed by atoms with van der Waals surface area (Å²) in [6.07, 6.45) is 0.633. The lowest BCUT2D eigenvalue weighted by Crippen LogP contribution is -2.09. The standard InChI is InChI=1S/C14H17N5O2S/c1-8(14-18-11(19-21-14)4-6-20-3)15-13-12-10(5-7-22-12)16-9(2)17-13/h5,7-8H,4,6H2,1-3H3,(H,15,16,17)/t8-/m0/s1. The van der Waals surface area contributed by atoms with E-state index in [2.05, 4.69) is 25.4 Å². The van der Waals surface area contributed by atoms with Crippen LogP contribution in [0.3, 0.4) is 0 Å². The predicted octanol–water partition coefficient (Wildman–Crippen LogP) is 2.74. The van der Waals surface area contributed by atoms with Crippen LogP contribution in [-0.2, 0) is 11.2 Å². The van der Waals surface area contributed by atoms with Crippen LogP contribution in [0.25, 0.3) is 10.2 Å². The van der Waals surface area contributed by atoms with Gasteiger partial charge in [-0.05, 0) is 25.3 Å². The summed E-state index contributed by atoms with van der Waals surface area (Å²) < 4.78 is 11.3. The molecule has 22 heavy (non-hydrogen) atoms. The summed E-state index contributed by atoms with van der Waals surface area (Å²) in [5.74, 6) is 2.70. The van der Waals surface area contributed by atoms with Gasteiger partial charge in [-0.2, -0.15) is 4.98 Å². The van der Waals surface area contributed by atoms with E-state index in [9.17, 15) is 0 Å². The molecule has 0 unspecified atom stereocenters. The Hall–Kier alpha value is -2.06. The molecule has 3 aromatic heterocycles. The normalized spacial score (nSPS) is 12.7. The number of hydrogen-bond donors (Lipinski definition) is 1. The fourth-order valence-electron chi connectivity index (χ4n) is 2.08. The monoisotopic (exact) mass is 319 g/mol. The summed E-state index contributed by atoms with van der Waals surface area (Å²) in [5, 5.41) is 9.28. The minimum Gasteiger partial charge on any atom is -0.384 e. The fraction of sp³-hybridized carbons (Fsp3) is 0.429. The van der Waals surface area contributed by atoms with E-state index in [1.54, 1.807) is 18.4 Å². The average molecular weight is 319 g/mol. The Bertz CT molecular complexity index is 770. The number of nitrogens with zero attached hydrogens (tertiary/aromatic N) is 4. The van der Waals surface area contributed by atoms with Crippen LogP contribution in [0.1, 0.15) is 30.5 Å². The third kappa shape index (κ3) is 3.07. The molecule has 3 aromatic rings. The van der Waals surface area contributed by atoms with Crippen LogP contribution in [0.2, 0.25) is 0 Å². The molecule has 0 bridgehead atoms. The molecule has 7 nitrogen and oxygen atoms in total. The van der Waals surface area contributed by atoms with Crippen molar-refractivity contribution in [2.75, 3.05) is 19.0 Å². The molecule has 1 atom stereocenters. The van der Waals surface area contributed by atoms with Gasteiger partial charge in [0.25, 0.3) is 0 Å². The van der Waals surface area contributed by atoms with E-state index in [1.165, 1.54) is 0 Å². The second kappa shape index (κ2) is 6.37. The zero-order valence-electron chi connectivity index (χ0n) is 12.7. The molecule has 3 heterocycles. The molecule has 8 heteroatoms. The Morgan fingerprint density at radius 1 is 1.36 bits per heavy atom. The Morgan fingerprint density at radius 2 is 2.23 bits per heavy atom. The van der Waals surface area contributed by atoms with E-state index in [0.717, 1.165) is 21.9 Å². The minimum atomic E-state index is -0.136. The van der Waals surface area contributed by atoms with E-state index in [0.29, 0.717) is 24.7 Å². The number of anilines is 1. The molecule has 3 rings (SSSR count). The molecule has 0 amide bonds. The molecule has 0 fully saturated rings. The van der Waals surface area contributed by atoms with Crippen LogP contribution in [0.4, 0.5) is 5.82 Å². The number of aryl methyl sites for hydroxylation is 1. The van der Waals surface area contributed by atoms with E-state index in [1.807, 2.05) is 25.3 Å². The largest absolute Gasteiger partial charge is 0.384 e. The summed E-state index contributed by atoms with van der Waals surface area (Å²) in [6.45, 7) is 4.41. The highest BCUT2D eigenvalue weighted by atomic mass is 32.1. The van der Waals surface area contributed by atoms with Crippen molar-refractivity contribution in [3.05, 3.63) is 29.0 Å². The second-order valence-corrected chi connectivity index (χ2v) is 5.83. The number of aromatic nitrogens is 4. The summed E-state index contributed by atoms with van der Waals surface area (Å²) in [5.41, 5.74) is 0.943. The van der Waals surface area contributed by atoms with Crippen molar-refractivity contribution in [1.29, 1.82) is 0 Å². The molecule has 0 aliphatic carbocycles. The van der Waals surface area contributed by atoms with E-state index in [4.69, 9.17) is 9.26 Å². The molecule has 116 valence electrons. The molecular weight excluding hydrogens is 302 g/mol. The molecule has 0 saturated heterocycles. The number of fused-ring (bicyclic) bond motifs is 1. The van der Waals surface area contributed by atoms with Gasteiger partial charge >= 0.3 is 0 Å². The molecule has 0 saturated carbocycles. The maximum Gasteiger partial charge on any atom is 0.248 e. The Balaban J connectivity index is 1.79. The van der Waals surface area contributed by atoms with Crippen molar-refractivity contribution in [3.8, 4) is 0 Å². The van der Waals surface area contributed by atoms with Gasteiger partial charge in [-0.1, -0.05) is 5.16 Å². The first-order valence-electron chi connectivity index (χ1n) is 6.97. The van der Waals surface area contributed by atoms with Gasteiger partial charge in [0.2, 0.25) is 5.89 Å². The highest BCUT2D eigenvalue weighted by molar-refractivity contribution is 7.17. The molecular formula is C14H17N5O2S. The number of methoxy groups -OCH3 is 1. The number of rotatable bonds is 6. The topological polar surface area (TPSA) is 86.0 Å². The molecule has 1 N–H and O–H groups in total. The maximum atomic E-state index is 5.30. The molecule has 0 aromatic carbocycles. The van der Waals surface area contributed by atoms with Crippen molar-refractivity contribution in [2.24, 2.45) is 0 Å². The van der Waals surface area contributed by atoms with Crippen LogP contribution >= 0.6 is 11.3 Å². The van der Waals surface area contributed by atoms with Gasteiger partial charge in [0.15, 0.2) is 5.82 Å². The number of thiophene rings is 1. The lowest BCUT2D eigenvalue weighted by Gasteiger charge is -2.11. The van der Waals surface area contributed by atoms with Crippen LogP contribution in [0.15, 0.2) is 16.0 Å². The van der Waals surface area contributed by atoms with Crippen molar-refractivity contribution in [2.45, 2.75) is 26.3 Å². The van der Waals surface area contributed by atoms with Gasteiger partial charge in [0, 0.05) is 13.5 Å². The van der Waals surface area contributed by atoms with Gasteiger partial charge in [-0.15, -0.1) is 11.3 Å². The smallest absolute Gasteiger partial charge is 0.248 e. The summed E-state index contributed by atoms with van der Waals surface area (Å²) in [6, 6.07) is 1.85. The van der Waals surface area contributed by atoms with Crippen molar-refractivity contribution in [1.82, 2.24) is 20.1 Å². The van der Waals surface area contributed by atoms with Crippen LogP contribution in [-0.4, -0.2) is 33.8 Å². The van der Waals surface area contributed by atoms with E-state index >= 15 is 0 Å². The first-order chi connectivity index (χ1) is 10.7. The SMILES string of the molecule is COCCc1noc([C@H](C)Nc2nc(C)nc3ccsc23)n1. The van der Waals surface area contributed by atoms with Gasteiger partial charge in [0.1, 0.15) is 17.7 Å². The highest BCUT2D eigenvalue weighted by Gasteiger charge is 2.17. The quantitative estimate of drug-likeness (QED) is 0.747. The average Bonchev–Trinajstić information content (AvgIpc) is 3.13. The maximum absolute atomic E-state index is 5.30. The molecule has 0 spiro atoms. The minimum absolute atomic E-state index is 0.136. The highest BCUT2D eigenvalue weighted by Crippen LogP contribution is 2.28. The lowest BCUT2D eigenvalue weighted by molar-refractivity contribution is 0.199. The van der Waals surface area contributed by atoms with Gasteiger partial charge in [-0.3, -0.25) is 0 Å². The molecule has 0 aliphatic heterocycles. The third-order valence-corrected chi connectivity index (χ3v) is 4.06. The Kier molecular flexibility index (Phi) is 4.30. The zero-order valence-corrected chi connectivity index (χ0v) is 13.5. The Labute approximate surface area is 131 Å². The van der Waals surface area contributed by atoms with E-state index < -0.39 is 0 Å². The van der Waals surface area contributed by atoms with E-state index in [-0.39, 0.29) is 6.04 Å². The van der Waals surface area contributed by atoms with Crippen molar-refractivity contribution < 1.29 is 9.26 Å². The number of nitrogens with one attached hydrogen (secondary N) is 1. The summed E-state index contributed by atoms with van der Waals surface area (Å²) in [4.78, 5) is 13.3. The third-order valence-electron chi connectivity index (χ3n) is 3.15. The summed E-state index contributed by atoms with van der Waals surface area (Å²) in [7, 11) is 1.65. The van der Waals surface area contributed by atoms with Crippen LogP contribution in [0, 0.1) is 6.92 Å². The van der Waals surface area contributed by atoms with Crippen LogP contribution < -0.4 is 5.32 Å². The number of hydrogen-bond acceptors (Lipinski definition) is 8. The first kappa shape index (κ1) is 14.9. The molecule has 0 aliphatic rings. The van der Waals surface area contributed by atoms with Crippen molar-refractivity contribution >= 4 is 27.4 Å². The fourth-order valence-corrected chi connectivity index (χ4v) is 2.87. The zero-order chi connectivity index (χ0) is 15.5. The lowest BCUT2D eigenvalue weighted by atomic mass is 10.3. The Morgan fingerprint density at radius 3 is 3.05 bits per heavy atom. The summed E-state index contributed by atoms with van der Waals surface area (Å²) >= 11 is 1.61. The predicted molar refractivity (Wildman–Crippen MR) is 84.1 cm³/mol. The van der Waals surface area contributed by atoms with Gasteiger partial charge < -0.3 is 14.6 Å².